The van der Waals surface area contributed by atoms with Gasteiger partial charge >= 0.3 is 0 Å². The van der Waals surface area contributed by atoms with Crippen LogP contribution in [-0.2, 0) is 19.9 Å². The highest BCUT2D eigenvalue weighted by Crippen LogP contribution is 2.38. The number of ether oxygens (including phenoxy) is 2. The van der Waals surface area contributed by atoms with E-state index in [1.54, 1.807) is 28.6 Å². The molecule has 0 radical (unpaired) electrons. The predicted octanol–water partition coefficient (Wildman–Crippen LogP) is 3.66. The van der Waals surface area contributed by atoms with Gasteiger partial charge in [-0.15, -0.1) is 0 Å². The second-order valence-electron chi connectivity index (χ2n) is 11.9. The molecule has 0 bridgehead atoms. The van der Waals surface area contributed by atoms with Crippen LogP contribution < -0.4 is 9.47 Å². The molecule has 0 aromatic heterocycles. The molecule has 6 rings (SSSR count). The summed E-state index contributed by atoms with van der Waals surface area (Å²) in [5.41, 5.74) is 1.08. The maximum atomic E-state index is 13.2. The maximum absolute atomic E-state index is 13.2. The van der Waals surface area contributed by atoms with Gasteiger partial charge in [-0.25, -0.2) is 21.1 Å². The zero-order chi connectivity index (χ0) is 28.3. The lowest BCUT2D eigenvalue weighted by atomic mass is 9.87. The molecule has 11 heteroatoms. The Morgan fingerprint density at radius 2 is 1.52 bits per heavy atom. The van der Waals surface area contributed by atoms with Gasteiger partial charge in [-0.3, -0.25) is 9.80 Å². The lowest BCUT2D eigenvalue weighted by Gasteiger charge is -2.52. The molecule has 40 heavy (non-hydrogen) atoms. The molecule has 3 fully saturated rings. The molecule has 2 saturated heterocycles. The SMILES string of the molecule is C[C@@H]1CN(C2(C)CCN(S(=O)(=O)C3CC3)CC2)CCN1[C@@H](C)c1ccc(S(=O)(=O)c2ccc3c(c2)OCO3)cc1. The van der Waals surface area contributed by atoms with Crippen LogP contribution in [0.1, 0.15) is 58.1 Å². The highest BCUT2D eigenvalue weighted by Gasteiger charge is 2.45. The first-order valence-corrected chi connectivity index (χ1v) is 17.2. The van der Waals surface area contributed by atoms with E-state index >= 15 is 0 Å². The van der Waals surface area contributed by atoms with Crippen molar-refractivity contribution in [3.63, 3.8) is 0 Å². The van der Waals surface area contributed by atoms with Gasteiger partial charge in [-0.1, -0.05) is 12.1 Å². The fraction of sp³-hybridized carbons (Fsp3) is 0.586. The van der Waals surface area contributed by atoms with Crippen molar-refractivity contribution >= 4 is 19.9 Å². The normalized spacial score (nSPS) is 25.1. The Kier molecular flexibility index (Phi) is 7.18. The second kappa shape index (κ2) is 10.3. The lowest BCUT2D eigenvalue weighted by molar-refractivity contribution is -0.0225. The Morgan fingerprint density at radius 1 is 0.875 bits per heavy atom. The molecule has 9 nitrogen and oxygen atoms in total. The second-order valence-corrected chi connectivity index (χ2v) is 16.1. The van der Waals surface area contributed by atoms with Crippen molar-refractivity contribution in [3.05, 3.63) is 48.0 Å². The third-order valence-electron chi connectivity index (χ3n) is 9.37. The number of hydrogen-bond donors (Lipinski definition) is 0. The zero-order valence-electron chi connectivity index (χ0n) is 23.5. The Morgan fingerprint density at radius 3 is 2.17 bits per heavy atom. The van der Waals surface area contributed by atoms with Crippen LogP contribution in [0.4, 0.5) is 0 Å². The number of piperidine rings is 1. The van der Waals surface area contributed by atoms with Crippen LogP contribution in [0.15, 0.2) is 52.3 Å². The van der Waals surface area contributed by atoms with Gasteiger partial charge in [-0.05, 0) is 76.3 Å². The minimum absolute atomic E-state index is 0.00386. The fourth-order valence-electron chi connectivity index (χ4n) is 6.45. The van der Waals surface area contributed by atoms with Crippen LogP contribution in [0, 0.1) is 0 Å². The summed E-state index contributed by atoms with van der Waals surface area (Å²) in [5, 5.41) is -0.139. The smallest absolute Gasteiger partial charge is 0.231 e. The third-order valence-corrected chi connectivity index (χ3v) is 13.5. The first-order chi connectivity index (χ1) is 19.0. The molecule has 0 amide bonds. The van der Waals surface area contributed by atoms with E-state index in [4.69, 9.17) is 9.47 Å². The lowest BCUT2D eigenvalue weighted by Crippen LogP contribution is -2.62. The molecule has 218 valence electrons. The van der Waals surface area contributed by atoms with E-state index in [9.17, 15) is 16.8 Å². The number of nitrogens with zero attached hydrogens (tertiary/aromatic N) is 3. The minimum Gasteiger partial charge on any atom is -0.454 e. The van der Waals surface area contributed by atoms with Crippen molar-refractivity contribution in [3.8, 4) is 11.5 Å². The number of rotatable bonds is 7. The summed E-state index contributed by atoms with van der Waals surface area (Å²) in [6.07, 6.45) is 3.35. The standard InChI is InChI=1S/C29H39N3O6S2/c1-21-19-30(29(3)12-14-31(15-13-29)40(35,36)25-8-9-25)16-17-32(21)22(2)23-4-6-24(7-5-23)39(33,34)26-10-11-27-28(18-26)38-20-37-27/h4-7,10-11,18,21-22,25H,8-9,12-17,19-20H2,1-3H3/t21-,22+/m1/s1. The molecule has 2 aromatic carbocycles. The molecule has 3 heterocycles. The number of fused-ring (bicyclic) bond motifs is 1. The number of sulfonamides is 1. The summed E-state index contributed by atoms with van der Waals surface area (Å²) in [6, 6.07) is 12.4. The summed E-state index contributed by atoms with van der Waals surface area (Å²) in [5.74, 6) is 1.00. The largest absolute Gasteiger partial charge is 0.454 e. The summed E-state index contributed by atoms with van der Waals surface area (Å²) >= 11 is 0. The van der Waals surface area contributed by atoms with Crippen molar-refractivity contribution in [2.75, 3.05) is 39.5 Å². The van der Waals surface area contributed by atoms with E-state index in [-0.39, 0.29) is 33.4 Å². The van der Waals surface area contributed by atoms with Crippen LogP contribution in [0.2, 0.25) is 0 Å². The van der Waals surface area contributed by atoms with E-state index in [1.165, 1.54) is 6.07 Å². The van der Waals surface area contributed by atoms with E-state index < -0.39 is 19.9 Å². The summed E-state index contributed by atoms with van der Waals surface area (Å²) < 4.78 is 64.3. The highest BCUT2D eigenvalue weighted by molar-refractivity contribution is 7.91. The van der Waals surface area contributed by atoms with Gasteiger partial charge in [0.15, 0.2) is 11.5 Å². The summed E-state index contributed by atoms with van der Waals surface area (Å²) in [7, 11) is -6.78. The van der Waals surface area contributed by atoms with Gasteiger partial charge in [0.2, 0.25) is 26.7 Å². The van der Waals surface area contributed by atoms with Gasteiger partial charge in [0.05, 0.1) is 15.0 Å². The van der Waals surface area contributed by atoms with Crippen LogP contribution in [-0.4, -0.2) is 87.3 Å². The van der Waals surface area contributed by atoms with Crippen LogP contribution in [0.25, 0.3) is 0 Å². The van der Waals surface area contributed by atoms with Gasteiger partial charge in [-0.2, -0.15) is 0 Å². The van der Waals surface area contributed by atoms with Crippen molar-refractivity contribution in [1.82, 2.24) is 14.1 Å². The molecule has 4 aliphatic rings. The van der Waals surface area contributed by atoms with Crippen LogP contribution in [0.3, 0.4) is 0 Å². The first kappa shape index (κ1) is 28.0. The zero-order valence-corrected chi connectivity index (χ0v) is 25.1. The Hall–Kier alpha value is -2.18. The highest BCUT2D eigenvalue weighted by atomic mass is 32.2. The number of benzene rings is 2. The Balaban J connectivity index is 1.08. The monoisotopic (exact) mass is 589 g/mol. The molecule has 0 spiro atoms. The molecule has 1 saturated carbocycles. The summed E-state index contributed by atoms with van der Waals surface area (Å²) in [4.78, 5) is 5.48. The maximum Gasteiger partial charge on any atom is 0.231 e. The van der Waals surface area contributed by atoms with Gasteiger partial charge < -0.3 is 9.47 Å². The van der Waals surface area contributed by atoms with Gasteiger partial charge in [0.1, 0.15) is 0 Å². The van der Waals surface area contributed by atoms with Crippen molar-refractivity contribution in [2.24, 2.45) is 0 Å². The fourth-order valence-corrected chi connectivity index (χ4v) is 9.57. The van der Waals surface area contributed by atoms with Crippen molar-refractivity contribution in [2.45, 2.75) is 79.1 Å². The van der Waals surface area contributed by atoms with Crippen LogP contribution >= 0.6 is 0 Å². The quantitative estimate of drug-likeness (QED) is 0.483. The first-order valence-electron chi connectivity index (χ1n) is 14.2. The average molecular weight is 590 g/mol. The molecular formula is C29H39N3O6S2. The number of sulfone groups is 1. The molecule has 2 aromatic rings. The van der Waals surface area contributed by atoms with Gasteiger partial charge in [0.25, 0.3) is 0 Å². The Labute approximate surface area is 238 Å². The molecule has 0 N–H and O–H groups in total. The van der Waals surface area contributed by atoms with E-state index in [1.807, 2.05) is 12.1 Å². The van der Waals surface area contributed by atoms with Crippen molar-refractivity contribution < 1.29 is 26.3 Å². The molecule has 0 unspecified atom stereocenters. The molecule has 2 atom stereocenters. The molecule has 3 aliphatic heterocycles. The molecular weight excluding hydrogens is 550 g/mol. The number of hydrogen-bond acceptors (Lipinski definition) is 8. The third kappa shape index (κ3) is 5.04. The Bertz CT molecular complexity index is 1470. The van der Waals surface area contributed by atoms with Crippen LogP contribution in [0.5, 0.6) is 11.5 Å². The van der Waals surface area contributed by atoms with E-state index in [0.29, 0.717) is 30.6 Å². The predicted molar refractivity (Wildman–Crippen MR) is 152 cm³/mol. The topological polar surface area (TPSA) is 96.5 Å². The average Bonchev–Trinajstić information content (AvgIpc) is 3.71. The van der Waals surface area contributed by atoms with Gasteiger partial charge in [0, 0.05) is 56.4 Å². The van der Waals surface area contributed by atoms with E-state index in [2.05, 4.69) is 30.6 Å². The summed E-state index contributed by atoms with van der Waals surface area (Å²) in [6.45, 7) is 10.8. The molecule has 1 aliphatic carbocycles. The van der Waals surface area contributed by atoms with Crippen molar-refractivity contribution in [1.29, 1.82) is 0 Å². The number of piperazine rings is 1. The van der Waals surface area contributed by atoms with E-state index in [0.717, 1.165) is 50.9 Å². The minimum atomic E-state index is -3.68.